The van der Waals surface area contributed by atoms with Gasteiger partial charge in [-0.15, -0.1) is 0 Å². The molecule has 3 amide bonds. The van der Waals surface area contributed by atoms with Gasteiger partial charge >= 0.3 is 0 Å². The molecule has 0 aromatic heterocycles. The van der Waals surface area contributed by atoms with E-state index >= 15 is 0 Å². The number of piperidine rings is 1. The maximum absolute atomic E-state index is 12.9. The van der Waals surface area contributed by atoms with Gasteiger partial charge in [0, 0.05) is 43.4 Å². The van der Waals surface area contributed by atoms with E-state index in [1.54, 1.807) is 36.3 Å². The number of benzene rings is 1. The fraction of sp³-hybridized carbons (Fsp3) is 0.571. The molecule has 1 saturated heterocycles. The number of nitrogens with one attached hydrogen (secondary N) is 2. The first kappa shape index (κ1) is 21.9. The third-order valence-corrected chi connectivity index (χ3v) is 4.73. The maximum Gasteiger partial charge on any atom is 0.253 e. The Morgan fingerprint density at radius 1 is 1.25 bits per heavy atom. The van der Waals surface area contributed by atoms with Crippen LogP contribution in [-0.4, -0.2) is 56.0 Å². The van der Waals surface area contributed by atoms with Crippen LogP contribution in [0.1, 0.15) is 44.0 Å². The van der Waals surface area contributed by atoms with E-state index in [0.717, 1.165) is 12.8 Å². The predicted molar refractivity (Wildman–Crippen MR) is 108 cm³/mol. The fourth-order valence-corrected chi connectivity index (χ4v) is 3.03. The number of likely N-dealkylation sites (tertiary alicyclic amines) is 1. The summed E-state index contributed by atoms with van der Waals surface area (Å²) < 4.78 is 4.95. The minimum absolute atomic E-state index is 0.0410. The molecule has 2 N–H and O–H groups in total. The van der Waals surface area contributed by atoms with Gasteiger partial charge in [0.25, 0.3) is 5.91 Å². The Hall–Kier alpha value is -2.41. The van der Waals surface area contributed by atoms with E-state index in [4.69, 9.17) is 4.74 Å². The quantitative estimate of drug-likeness (QED) is 0.731. The topological polar surface area (TPSA) is 87.7 Å². The molecule has 7 heteroatoms. The lowest BCUT2D eigenvalue weighted by Gasteiger charge is -2.32. The number of hydrogen-bond acceptors (Lipinski definition) is 4. The Labute approximate surface area is 166 Å². The predicted octanol–water partition coefficient (Wildman–Crippen LogP) is 2.29. The molecular formula is C21H31N3O4. The highest BCUT2D eigenvalue weighted by atomic mass is 16.5. The van der Waals surface area contributed by atoms with Gasteiger partial charge < -0.3 is 20.3 Å². The molecule has 0 saturated carbocycles. The number of nitrogens with zero attached hydrogens (tertiary/aromatic N) is 1. The molecule has 28 heavy (non-hydrogen) atoms. The summed E-state index contributed by atoms with van der Waals surface area (Å²) in [5.41, 5.74) is 0.583. The van der Waals surface area contributed by atoms with E-state index in [2.05, 4.69) is 10.6 Å². The summed E-state index contributed by atoms with van der Waals surface area (Å²) in [4.78, 5) is 39.1. The van der Waals surface area contributed by atoms with Crippen molar-refractivity contribution in [3.63, 3.8) is 0 Å². The molecule has 1 aliphatic rings. The van der Waals surface area contributed by atoms with Crippen LogP contribution in [0.5, 0.6) is 0 Å². The Morgan fingerprint density at radius 3 is 2.68 bits per heavy atom. The Balaban J connectivity index is 2.02. The number of ether oxygens (including phenoxy) is 1. The average Bonchev–Trinajstić information content (AvgIpc) is 2.67. The number of amides is 3. The van der Waals surface area contributed by atoms with Crippen LogP contribution in [0.25, 0.3) is 0 Å². The van der Waals surface area contributed by atoms with Crippen LogP contribution in [0.15, 0.2) is 24.3 Å². The van der Waals surface area contributed by atoms with Crippen molar-refractivity contribution < 1.29 is 19.1 Å². The number of carbonyl (C=O) groups excluding carboxylic acids is 3. The lowest BCUT2D eigenvalue weighted by Crippen LogP contribution is -2.46. The summed E-state index contributed by atoms with van der Waals surface area (Å²) in [6.07, 6.45) is 1.55. The molecule has 0 radical (unpaired) electrons. The Bertz CT molecular complexity index is 712. The van der Waals surface area contributed by atoms with Gasteiger partial charge in [-0.3, -0.25) is 14.4 Å². The molecule has 1 fully saturated rings. The third-order valence-electron chi connectivity index (χ3n) is 4.73. The van der Waals surface area contributed by atoms with Gasteiger partial charge in [-0.2, -0.15) is 0 Å². The Kier molecular flexibility index (Phi) is 7.57. The molecule has 7 nitrogen and oxygen atoms in total. The minimum atomic E-state index is -0.518. The lowest BCUT2D eigenvalue weighted by molar-refractivity contribution is -0.126. The number of rotatable bonds is 6. The summed E-state index contributed by atoms with van der Waals surface area (Å²) in [6.45, 7) is 7.47. The highest BCUT2D eigenvalue weighted by molar-refractivity contribution is 5.98. The lowest BCUT2D eigenvalue weighted by atomic mass is 9.95. The zero-order valence-corrected chi connectivity index (χ0v) is 17.2. The van der Waals surface area contributed by atoms with Crippen LogP contribution in [-0.2, 0) is 14.3 Å². The maximum atomic E-state index is 12.9. The van der Waals surface area contributed by atoms with Crippen molar-refractivity contribution >= 4 is 23.4 Å². The SMILES string of the molecule is COCCNC(=O)[C@@H]1CCCN(C(=O)c2cccc(NC(=O)C(C)(C)C)c2)C1. The van der Waals surface area contributed by atoms with Gasteiger partial charge in [0.05, 0.1) is 12.5 Å². The van der Waals surface area contributed by atoms with Gasteiger partial charge in [0.15, 0.2) is 0 Å². The fourth-order valence-electron chi connectivity index (χ4n) is 3.03. The summed E-state index contributed by atoms with van der Waals surface area (Å²) in [6, 6.07) is 6.94. The molecule has 1 aromatic rings. The van der Waals surface area contributed by atoms with Gasteiger partial charge in [-0.05, 0) is 31.0 Å². The number of carbonyl (C=O) groups is 3. The number of methoxy groups -OCH3 is 1. The van der Waals surface area contributed by atoms with E-state index in [9.17, 15) is 14.4 Å². The smallest absolute Gasteiger partial charge is 0.253 e. The highest BCUT2D eigenvalue weighted by Gasteiger charge is 2.29. The van der Waals surface area contributed by atoms with Crippen LogP contribution in [0, 0.1) is 11.3 Å². The molecule has 0 bridgehead atoms. The molecule has 2 rings (SSSR count). The van der Waals surface area contributed by atoms with E-state index in [-0.39, 0.29) is 23.6 Å². The Morgan fingerprint density at radius 2 is 2.00 bits per heavy atom. The molecule has 0 unspecified atom stereocenters. The molecule has 154 valence electrons. The second-order valence-corrected chi connectivity index (χ2v) is 8.16. The number of hydrogen-bond donors (Lipinski definition) is 2. The van der Waals surface area contributed by atoms with Crippen LogP contribution in [0.3, 0.4) is 0 Å². The third kappa shape index (κ3) is 6.05. The van der Waals surface area contributed by atoms with Gasteiger partial charge in [-0.25, -0.2) is 0 Å². The van der Waals surface area contributed by atoms with Crippen LogP contribution < -0.4 is 10.6 Å². The van der Waals surface area contributed by atoms with E-state index < -0.39 is 5.41 Å². The zero-order valence-electron chi connectivity index (χ0n) is 17.2. The molecular weight excluding hydrogens is 358 g/mol. The largest absolute Gasteiger partial charge is 0.383 e. The molecule has 0 aliphatic carbocycles. The second kappa shape index (κ2) is 9.68. The van der Waals surface area contributed by atoms with Crippen molar-refractivity contribution in [1.82, 2.24) is 10.2 Å². The first-order valence-corrected chi connectivity index (χ1v) is 9.70. The normalized spacial score (nSPS) is 17.1. The van der Waals surface area contributed by atoms with Crippen molar-refractivity contribution in [3.8, 4) is 0 Å². The zero-order chi connectivity index (χ0) is 20.7. The molecule has 1 heterocycles. The van der Waals surface area contributed by atoms with Crippen molar-refractivity contribution in [2.75, 3.05) is 38.7 Å². The van der Waals surface area contributed by atoms with E-state index in [1.165, 1.54) is 0 Å². The van der Waals surface area contributed by atoms with Crippen molar-refractivity contribution in [2.24, 2.45) is 11.3 Å². The van der Waals surface area contributed by atoms with Crippen molar-refractivity contribution in [3.05, 3.63) is 29.8 Å². The first-order chi connectivity index (χ1) is 13.2. The minimum Gasteiger partial charge on any atom is -0.383 e. The number of anilines is 1. The molecule has 1 aromatic carbocycles. The monoisotopic (exact) mass is 389 g/mol. The summed E-state index contributed by atoms with van der Waals surface area (Å²) in [5.74, 6) is -0.483. The summed E-state index contributed by atoms with van der Waals surface area (Å²) in [7, 11) is 1.59. The standard InChI is InChI=1S/C21H31N3O4/c1-21(2,3)20(27)23-17-9-5-7-15(13-17)19(26)24-11-6-8-16(14-24)18(25)22-10-12-28-4/h5,7,9,13,16H,6,8,10-12,14H2,1-4H3,(H,22,25)(H,23,27)/t16-/m1/s1. The first-order valence-electron chi connectivity index (χ1n) is 9.70. The van der Waals surface area contributed by atoms with Crippen LogP contribution in [0.2, 0.25) is 0 Å². The molecule has 0 spiro atoms. The van der Waals surface area contributed by atoms with Crippen LogP contribution in [0.4, 0.5) is 5.69 Å². The van der Waals surface area contributed by atoms with Gasteiger partial charge in [-0.1, -0.05) is 26.8 Å². The van der Waals surface area contributed by atoms with E-state index in [1.807, 2.05) is 20.8 Å². The highest BCUT2D eigenvalue weighted by Crippen LogP contribution is 2.22. The second-order valence-electron chi connectivity index (χ2n) is 8.16. The summed E-state index contributed by atoms with van der Waals surface area (Å²) in [5, 5.41) is 5.70. The van der Waals surface area contributed by atoms with E-state index in [0.29, 0.717) is 37.5 Å². The average molecular weight is 389 g/mol. The molecule has 1 atom stereocenters. The summed E-state index contributed by atoms with van der Waals surface area (Å²) >= 11 is 0. The van der Waals surface area contributed by atoms with Crippen molar-refractivity contribution in [1.29, 1.82) is 0 Å². The van der Waals surface area contributed by atoms with Crippen LogP contribution >= 0.6 is 0 Å². The van der Waals surface area contributed by atoms with Crippen molar-refractivity contribution in [2.45, 2.75) is 33.6 Å². The van der Waals surface area contributed by atoms with Gasteiger partial charge in [0.2, 0.25) is 11.8 Å². The van der Waals surface area contributed by atoms with Gasteiger partial charge in [0.1, 0.15) is 0 Å². The molecule has 1 aliphatic heterocycles.